The molecule has 13 nitrogen and oxygen atoms in total. The fourth-order valence-corrected chi connectivity index (χ4v) is 2.62. The average Bonchev–Trinajstić information content (AvgIpc) is 2.84. The molecule has 0 aliphatic heterocycles. The van der Waals surface area contributed by atoms with Crippen LogP contribution in [0.2, 0.25) is 0 Å². The van der Waals surface area contributed by atoms with Crippen molar-refractivity contribution in [3.05, 3.63) is 10.4 Å². The van der Waals surface area contributed by atoms with E-state index < -0.39 is 30.0 Å². The van der Waals surface area contributed by atoms with Crippen molar-refractivity contribution in [3.63, 3.8) is 0 Å². The highest BCUT2D eigenvalue weighted by Crippen LogP contribution is 2.18. The summed E-state index contributed by atoms with van der Waals surface area (Å²) < 4.78 is 62.7. The Balaban J connectivity index is 3.92. The van der Waals surface area contributed by atoms with Crippen molar-refractivity contribution >= 4 is 17.8 Å². The van der Waals surface area contributed by atoms with Crippen molar-refractivity contribution in [2.75, 3.05) is 80.1 Å². The lowest BCUT2D eigenvalue weighted by Gasteiger charge is -2.20. The van der Waals surface area contributed by atoms with Gasteiger partial charge in [-0.1, -0.05) is 5.11 Å². The highest BCUT2D eigenvalue weighted by Gasteiger charge is 2.40. The van der Waals surface area contributed by atoms with Crippen LogP contribution in [-0.4, -0.2) is 115 Å². The minimum absolute atomic E-state index is 0.119. The van der Waals surface area contributed by atoms with Crippen LogP contribution in [0, 0.1) is 0 Å². The molecular weight excluding hydrogens is 495 g/mol. The van der Waals surface area contributed by atoms with Gasteiger partial charge in [0, 0.05) is 25.0 Å². The minimum atomic E-state index is -4.94. The first-order valence-corrected chi connectivity index (χ1v) is 11.1. The molecular formula is C20H34F3N5O8. The second kappa shape index (κ2) is 20.5. The summed E-state index contributed by atoms with van der Waals surface area (Å²) in [5.74, 6) is -3.22. The molecule has 0 aliphatic carbocycles. The quantitative estimate of drug-likeness (QED) is 0.0763. The molecule has 0 fully saturated rings. The molecule has 208 valence electrons. The number of nitrogens with one attached hydrogen (secondary N) is 1. The summed E-state index contributed by atoms with van der Waals surface area (Å²) in [6, 6.07) is -0.994. The molecule has 1 atom stereocenters. The number of hydrogen-bond donors (Lipinski definition) is 1. The van der Waals surface area contributed by atoms with Crippen molar-refractivity contribution in [1.29, 1.82) is 0 Å². The van der Waals surface area contributed by atoms with Crippen LogP contribution in [0.4, 0.5) is 13.2 Å². The van der Waals surface area contributed by atoms with E-state index in [9.17, 15) is 27.6 Å². The van der Waals surface area contributed by atoms with Gasteiger partial charge >= 0.3 is 18.1 Å². The third kappa shape index (κ3) is 17.7. The van der Waals surface area contributed by atoms with Gasteiger partial charge in [0.1, 0.15) is 12.6 Å². The average molecular weight is 530 g/mol. The molecule has 1 N–H and O–H groups in total. The van der Waals surface area contributed by atoms with Crippen molar-refractivity contribution in [2.45, 2.75) is 31.5 Å². The van der Waals surface area contributed by atoms with E-state index in [1.807, 2.05) is 0 Å². The van der Waals surface area contributed by atoms with Crippen molar-refractivity contribution in [2.24, 2.45) is 5.11 Å². The molecule has 0 unspecified atom stereocenters. The fraction of sp³-hybridized carbons (Fsp3) is 0.850. The van der Waals surface area contributed by atoms with E-state index in [2.05, 4.69) is 20.1 Å². The second-order valence-electron chi connectivity index (χ2n) is 7.21. The van der Waals surface area contributed by atoms with Gasteiger partial charge in [-0.2, -0.15) is 13.2 Å². The second-order valence-corrected chi connectivity index (χ2v) is 7.21. The van der Waals surface area contributed by atoms with Gasteiger partial charge < -0.3 is 33.9 Å². The Morgan fingerprint density at radius 2 is 1.53 bits per heavy atom. The number of alkyl halides is 3. The molecule has 0 heterocycles. The lowest BCUT2D eigenvalue weighted by molar-refractivity contribution is -0.184. The van der Waals surface area contributed by atoms with E-state index in [0.717, 1.165) is 14.2 Å². The maximum absolute atomic E-state index is 12.4. The normalized spacial score (nSPS) is 11.9. The van der Waals surface area contributed by atoms with E-state index >= 15 is 0 Å². The van der Waals surface area contributed by atoms with Crippen molar-refractivity contribution in [1.82, 2.24) is 10.2 Å². The number of azide groups is 1. The van der Waals surface area contributed by atoms with Crippen LogP contribution < -0.4 is 5.32 Å². The molecule has 0 saturated heterocycles. The fourth-order valence-electron chi connectivity index (χ4n) is 2.62. The van der Waals surface area contributed by atoms with Gasteiger partial charge in [0.2, 0.25) is 5.91 Å². The molecule has 0 saturated carbocycles. The first-order chi connectivity index (χ1) is 17.1. The summed E-state index contributed by atoms with van der Waals surface area (Å²) in [7, 11) is 2.19. The maximum atomic E-state index is 12.4. The molecule has 0 aliphatic rings. The zero-order valence-electron chi connectivity index (χ0n) is 20.5. The lowest BCUT2D eigenvalue weighted by Crippen LogP contribution is -2.43. The molecule has 0 aromatic rings. The van der Waals surface area contributed by atoms with Gasteiger partial charge in [-0.05, 0) is 24.8 Å². The van der Waals surface area contributed by atoms with E-state index in [1.54, 1.807) is 0 Å². The number of rotatable bonds is 21. The number of ether oxygens (including phenoxy) is 5. The topological polar surface area (TPSA) is 161 Å². The number of carbonyl (C=O) groups is 3. The predicted octanol–water partition coefficient (Wildman–Crippen LogP) is 1.21. The highest BCUT2D eigenvalue weighted by atomic mass is 19.4. The minimum Gasteiger partial charge on any atom is -0.467 e. The molecule has 0 spiro atoms. The Kier molecular flexibility index (Phi) is 19.0. The number of methoxy groups -OCH3 is 1. The summed E-state index contributed by atoms with van der Waals surface area (Å²) in [5.41, 5.74) is 8.10. The molecule has 0 bridgehead atoms. The molecule has 0 aromatic heterocycles. The Morgan fingerprint density at radius 3 is 2.06 bits per heavy atom. The van der Waals surface area contributed by atoms with Gasteiger partial charge in [0.05, 0.1) is 53.4 Å². The first kappa shape index (κ1) is 33.4. The SMILES string of the molecule is COC(=O)[C@H](CCCCN(C)C(=O)C(F)(F)F)NC(=O)COCCOCCOCCOCCN=[N+]=[N-]. The molecule has 0 aromatic carbocycles. The summed E-state index contributed by atoms with van der Waals surface area (Å²) in [6.45, 7) is 1.80. The molecule has 0 radical (unpaired) electrons. The first-order valence-electron chi connectivity index (χ1n) is 11.1. The van der Waals surface area contributed by atoms with Crippen LogP contribution in [0.3, 0.4) is 0 Å². The largest absolute Gasteiger partial charge is 0.471 e. The predicted molar refractivity (Wildman–Crippen MR) is 119 cm³/mol. The van der Waals surface area contributed by atoms with Gasteiger partial charge in [0.15, 0.2) is 0 Å². The molecule has 2 amide bonds. The summed E-state index contributed by atoms with van der Waals surface area (Å²) in [6.07, 6.45) is -4.35. The number of nitrogens with zero attached hydrogens (tertiary/aromatic N) is 4. The van der Waals surface area contributed by atoms with E-state index in [-0.39, 0.29) is 52.2 Å². The van der Waals surface area contributed by atoms with Gasteiger partial charge in [0.25, 0.3) is 0 Å². The van der Waals surface area contributed by atoms with E-state index in [4.69, 9.17) is 24.5 Å². The Labute approximate surface area is 207 Å². The molecule has 16 heteroatoms. The summed E-state index contributed by atoms with van der Waals surface area (Å²) in [4.78, 5) is 38.1. The third-order valence-corrected chi connectivity index (χ3v) is 4.39. The Hall–Kier alpha value is -2.65. The van der Waals surface area contributed by atoms with Crippen molar-refractivity contribution < 1.29 is 51.2 Å². The van der Waals surface area contributed by atoms with Crippen LogP contribution in [-0.2, 0) is 38.1 Å². The maximum Gasteiger partial charge on any atom is 0.471 e. The Bertz CT molecular complexity index is 693. The van der Waals surface area contributed by atoms with Crippen LogP contribution in [0.15, 0.2) is 5.11 Å². The lowest BCUT2D eigenvalue weighted by atomic mass is 10.1. The van der Waals surface area contributed by atoms with E-state index in [0.29, 0.717) is 37.9 Å². The van der Waals surface area contributed by atoms with Crippen LogP contribution in [0.5, 0.6) is 0 Å². The summed E-state index contributed by atoms with van der Waals surface area (Å²) >= 11 is 0. The molecule has 0 rings (SSSR count). The zero-order chi connectivity index (χ0) is 27.2. The smallest absolute Gasteiger partial charge is 0.467 e. The van der Waals surface area contributed by atoms with Gasteiger partial charge in [-0.15, -0.1) is 0 Å². The number of unbranched alkanes of at least 4 members (excludes halogenated alkanes) is 1. The number of halogens is 3. The third-order valence-electron chi connectivity index (χ3n) is 4.39. The number of hydrogen-bond acceptors (Lipinski definition) is 9. The van der Waals surface area contributed by atoms with Crippen LogP contribution in [0.1, 0.15) is 19.3 Å². The highest BCUT2D eigenvalue weighted by molar-refractivity contribution is 5.85. The number of carbonyl (C=O) groups excluding carboxylic acids is 3. The van der Waals surface area contributed by atoms with E-state index in [1.165, 1.54) is 0 Å². The zero-order valence-corrected chi connectivity index (χ0v) is 20.5. The standard InChI is InChI=1S/C20H34F3N5O8/c1-28(19(31)20(21,22)23)7-4-3-5-16(18(30)32-2)26-17(29)15-36-14-13-35-12-11-34-10-9-33-8-6-25-27-24/h16H,3-15H2,1-2H3,(H,26,29)/t16-/m0/s1. The van der Waals surface area contributed by atoms with Gasteiger partial charge in [-0.25, -0.2) is 4.79 Å². The van der Waals surface area contributed by atoms with Crippen LogP contribution >= 0.6 is 0 Å². The Morgan fingerprint density at radius 1 is 0.972 bits per heavy atom. The molecule has 36 heavy (non-hydrogen) atoms. The monoisotopic (exact) mass is 529 g/mol. The number of amides is 2. The van der Waals surface area contributed by atoms with Crippen LogP contribution in [0.25, 0.3) is 10.4 Å². The summed E-state index contributed by atoms with van der Waals surface area (Å²) in [5, 5.41) is 5.77. The van der Waals surface area contributed by atoms with Crippen molar-refractivity contribution in [3.8, 4) is 0 Å². The number of esters is 1. The van der Waals surface area contributed by atoms with Gasteiger partial charge in [-0.3, -0.25) is 9.59 Å².